The van der Waals surface area contributed by atoms with Crippen molar-refractivity contribution >= 4 is 22.9 Å². The summed E-state index contributed by atoms with van der Waals surface area (Å²) in [7, 11) is 0. The van der Waals surface area contributed by atoms with Crippen LogP contribution in [0, 0.1) is 18.3 Å². The van der Waals surface area contributed by atoms with Crippen molar-refractivity contribution in [3.63, 3.8) is 0 Å². The second-order valence-corrected chi connectivity index (χ2v) is 7.63. The summed E-state index contributed by atoms with van der Waals surface area (Å²) in [5.41, 5.74) is 3.33. The highest BCUT2D eigenvalue weighted by molar-refractivity contribution is 6.04. The second-order valence-electron chi connectivity index (χ2n) is 7.63. The van der Waals surface area contributed by atoms with Gasteiger partial charge in [-0.2, -0.15) is 5.26 Å². The lowest BCUT2D eigenvalue weighted by atomic mass is 10.1. The number of rotatable bonds is 6. The van der Waals surface area contributed by atoms with Gasteiger partial charge in [-0.15, -0.1) is 0 Å². The fraction of sp³-hybridized carbons (Fsp3) is 0.280. The molecule has 5 heteroatoms. The van der Waals surface area contributed by atoms with Crippen LogP contribution in [0.15, 0.2) is 60.3 Å². The van der Waals surface area contributed by atoms with Crippen molar-refractivity contribution in [1.29, 1.82) is 5.26 Å². The van der Waals surface area contributed by atoms with E-state index in [0.717, 1.165) is 48.1 Å². The van der Waals surface area contributed by atoms with Gasteiger partial charge in [-0.25, -0.2) is 0 Å². The Morgan fingerprint density at radius 2 is 1.87 bits per heavy atom. The minimum atomic E-state index is -0.172. The van der Waals surface area contributed by atoms with Crippen LogP contribution >= 0.6 is 0 Å². The molecule has 1 aliphatic rings. The summed E-state index contributed by atoms with van der Waals surface area (Å²) in [5, 5.41) is 10.6. The molecule has 1 aromatic heterocycles. The lowest BCUT2D eigenvalue weighted by Gasteiger charge is -2.13. The van der Waals surface area contributed by atoms with Crippen molar-refractivity contribution in [3.8, 4) is 11.8 Å². The molecule has 1 fully saturated rings. The zero-order chi connectivity index (χ0) is 20.9. The first kappa shape index (κ1) is 19.8. The van der Waals surface area contributed by atoms with E-state index in [-0.39, 0.29) is 11.5 Å². The Balaban J connectivity index is 1.56. The van der Waals surface area contributed by atoms with Crippen LogP contribution in [0.3, 0.4) is 0 Å². The summed E-state index contributed by atoms with van der Waals surface area (Å²) in [6.07, 6.45) is 5.73. The number of hydrogen-bond donors (Lipinski definition) is 0. The number of benzene rings is 2. The van der Waals surface area contributed by atoms with Gasteiger partial charge in [0, 0.05) is 35.8 Å². The predicted octanol–water partition coefficient (Wildman–Crippen LogP) is 4.56. The van der Waals surface area contributed by atoms with Gasteiger partial charge in [0.25, 0.3) is 5.91 Å². The van der Waals surface area contributed by atoms with Gasteiger partial charge in [0.2, 0.25) is 0 Å². The van der Waals surface area contributed by atoms with Crippen LogP contribution in [-0.4, -0.2) is 35.1 Å². The first-order valence-electron chi connectivity index (χ1n) is 10.3. The van der Waals surface area contributed by atoms with Crippen LogP contribution in [-0.2, 0) is 11.3 Å². The molecule has 30 heavy (non-hydrogen) atoms. The number of aromatic nitrogens is 1. The number of likely N-dealkylation sites (tertiary alicyclic amines) is 1. The fourth-order valence-corrected chi connectivity index (χ4v) is 3.86. The van der Waals surface area contributed by atoms with E-state index in [0.29, 0.717) is 13.2 Å². The SMILES string of the molecule is Cc1ccc(OCCn2cc(C=C(C#N)C(=O)N3CCCC3)c3ccccc32)cc1. The Morgan fingerprint density at radius 3 is 2.60 bits per heavy atom. The lowest BCUT2D eigenvalue weighted by molar-refractivity contribution is -0.125. The largest absolute Gasteiger partial charge is 0.492 e. The number of amides is 1. The van der Waals surface area contributed by atoms with E-state index >= 15 is 0 Å². The molecule has 0 N–H and O–H groups in total. The summed E-state index contributed by atoms with van der Waals surface area (Å²) in [5.74, 6) is 0.676. The van der Waals surface area contributed by atoms with E-state index in [1.165, 1.54) is 5.56 Å². The maximum Gasteiger partial charge on any atom is 0.264 e. The molecule has 2 heterocycles. The van der Waals surface area contributed by atoms with Crippen LogP contribution in [0.25, 0.3) is 17.0 Å². The van der Waals surface area contributed by atoms with Crippen molar-refractivity contribution in [2.45, 2.75) is 26.3 Å². The van der Waals surface area contributed by atoms with E-state index in [9.17, 15) is 10.1 Å². The Bertz CT molecular complexity index is 1110. The quantitative estimate of drug-likeness (QED) is 0.451. The molecule has 0 unspecified atom stereocenters. The number of nitrogens with zero attached hydrogens (tertiary/aromatic N) is 3. The molecule has 2 aromatic carbocycles. The molecular weight excluding hydrogens is 374 g/mol. The molecule has 1 amide bonds. The van der Waals surface area contributed by atoms with Gasteiger partial charge >= 0.3 is 0 Å². The van der Waals surface area contributed by atoms with Crippen LogP contribution in [0.2, 0.25) is 0 Å². The number of para-hydroxylation sites is 1. The number of carbonyl (C=O) groups excluding carboxylic acids is 1. The van der Waals surface area contributed by atoms with Crippen molar-refractivity contribution in [2.24, 2.45) is 0 Å². The number of fused-ring (bicyclic) bond motifs is 1. The van der Waals surface area contributed by atoms with Crippen molar-refractivity contribution in [1.82, 2.24) is 9.47 Å². The van der Waals surface area contributed by atoms with Crippen LogP contribution < -0.4 is 4.74 Å². The van der Waals surface area contributed by atoms with Gasteiger partial charge in [-0.1, -0.05) is 35.9 Å². The normalized spacial score (nSPS) is 14.1. The summed E-state index contributed by atoms with van der Waals surface area (Å²) in [6.45, 7) is 4.72. The average Bonchev–Trinajstić information content (AvgIpc) is 3.42. The Morgan fingerprint density at radius 1 is 1.13 bits per heavy atom. The maximum atomic E-state index is 12.7. The number of hydrogen-bond acceptors (Lipinski definition) is 3. The van der Waals surface area contributed by atoms with Gasteiger partial charge in [0.15, 0.2) is 0 Å². The van der Waals surface area contributed by atoms with Gasteiger partial charge in [0.05, 0.1) is 6.54 Å². The van der Waals surface area contributed by atoms with Crippen molar-refractivity contribution < 1.29 is 9.53 Å². The minimum absolute atomic E-state index is 0.172. The molecule has 152 valence electrons. The summed E-state index contributed by atoms with van der Waals surface area (Å²) in [4.78, 5) is 14.5. The summed E-state index contributed by atoms with van der Waals surface area (Å²) < 4.78 is 8.00. The first-order valence-corrected chi connectivity index (χ1v) is 10.3. The Labute approximate surface area is 176 Å². The van der Waals surface area contributed by atoms with E-state index in [2.05, 4.69) is 17.6 Å². The zero-order valence-corrected chi connectivity index (χ0v) is 17.2. The van der Waals surface area contributed by atoms with Gasteiger partial charge in [-0.3, -0.25) is 4.79 Å². The molecule has 0 spiro atoms. The molecule has 3 aromatic rings. The minimum Gasteiger partial charge on any atom is -0.492 e. The third kappa shape index (κ3) is 4.23. The lowest BCUT2D eigenvalue weighted by Crippen LogP contribution is -2.28. The molecule has 1 saturated heterocycles. The average molecular weight is 399 g/mol. The number of ether oxygens (including phenoxy) is 1. The number of carbonyl (C=O) groups is 1. The topological polar surface area (TPSA) is 58.3 Å². The zero-order valence-electron chi connectivity index (χ0n) is 17.2. The molecule has 0 bridgehead atoms. The molecule has 0 aliphatic carbocycles. The third-order valence-corrected chi connectivity index (χ3v) is 5.49. The van der Waals surface area contributed by atoms with E-state index in [1.54, 1.807) is 11.0 Å². The first-order chi connectivity index (χ1) is 14.7. The smallest absolute Gasteiger partial charge is 0.264 e. The second kappa shape index (κ2) is 8.87. The van der Waals surface area contributed by atoms with Gasteiger partial charge in [-0.05, 0) is 44.0 Å². The number of aryl methyl sites for hydroxylation is 1. The molecule has 0 radical (unpaired) electrons. The Kier molecular flexibility index (Phi) is 5.85. The highest BCUT2D eigenvalue weighted by Crippen LogP contribution is 2.24. The van der Waals surface area contributed by atoms with E-state index in [1.807, 2.05) is 54.7 Å². The van der Waals surface area contributed by atoms with Crippen molar-refractivity contribution in [3.05, 3.63) is 71.4 Å². The molecule has 0 atom stereocenters. The fourth-order valence-electron chi connectivity index (χ4n) is 3.86. The van der Waals surface area contributed by atoms with Crippen LogP contribution in [0.1, 0.15) is 24.0 Å². The van der Waals surface area contributed by atoms with Gasteiger partial charge < -0.3 is 14.2 Å². The molecule has 1 aliphatic heterocycles. The van der Waals surface area contributed by atoms with Crippen molar-refractivity contribution in [2.75, 3.05) is 19.7 Å². The van der Waals surface area contributed by atoms with Crippen LogP contribution in [0.4, 0.5) is 0 Å². The molecular formula is C25H25N3O2. The number of nitriles is 1. The monoisotopic (exact) mass is 399 g/mol. The molecule has 0 saturated carbocycles. The van der Waals surface area contributed by atoms with E-state index in [4.69, 9.17) is 4.74 Å². The summed E-state index contributed by atoms with van der Waals surface area (Å²) >= 11 is 0. The van der Waals surface area contributed by atoms with Gasteiger partial charge in [0.1, 0.15) is 24.0 Å². The third-order valence-electron chi connectivity index (χ3n) is 5.49. The predicted molar refractivity (Wildman–Crippen MR) is 118 cm³/mol. The Hall–Kier alpha value is -3.52. The highest BCUT2D eigenvalue weighted by atomic mass is 16.5. The maximum absolute atomic E-state index is 12.7. The molecule has 4 rings (SSSR count). The summed E-state index contributed by atoms with van der Waals surface area (Å²) in [6, 6.07) is 18.2. The van der Waals surface area contributed by atoms with Crippen LogP contribution in [0.5, 0.6) is 5.75 Å². The van der Waals surface area contributed by atoms with E-state index < -0.39 is 0 Å². The highest BCUT2D eigenvalue weighted by Gasteiger charge is 2.22. The molecule has 5 nitrogen and oxygen atoms in total. The standard InChI is InChI=1S/C25H25N3O2/c1-19-8-10-22(11-9-19)30-15-14-28-18-21(23-6-2-3-7-24(23)28)16-20(17-26)25(29)27-12-4-5-13-27/h2-3,6-11,16,18H,4-5,12-15H2,1H3.